The van der Waals surface area contributed by atoms with Crippen molar-refractivity contribution in [2.24, 2.45) is 5.92 Å². The molecule has 0 aliphatic carbocycles. The first-order chi connectivity index (χ1) is 14.3. The van der Waals surface area contributed by atoms with Gasteiger partial charge < -0.3 is 25.0 Å². The van der Waals surface area contributed by atoms with Crippen molar-refractivity contribution >= 4 is 29.3 Å². The smallest absolute Gasteiger partial charge is 0.414 e. The van der Waals surface area contributed by atoms with E-state index in [1.54, 1.807) is 12.1 Å². The number of ether oxygens (including phenoxy) is 2. The largest absolute Gasteiger partial charge is 0.442 e. The van der Waals surface area contributed by atoms with E-state index in [1.807, 2.05) is 11.8 Å². The maximum Gasteiger partial charge on any atom is 0.414 e. The van der Waals surface area contributed by atoms with Gasteiger partial charge in [-0.2, -0.15) is 0 Å². The quantitative estimate of drug-likeness (QED) is 0.677. The van der Waals surface area contributed by atoms with Crippen LogP contribution in [-0.2, 0) is 19.1 Å². The summed E-state index contributed by atoms with van der Waals surface area (Å²) in [5.74, 6) is -0.723. The Hall–Kier alpha value is -2.88. The molecule has 2 N–H and O–H groups in total. The monoisotopic (exact) mass is 422 g/mol. The highest BCUT2D eigenvalue weighted by atomic mass is 19.1. The summed E-state index contributed by atoms with van der Waals surface area (Å²) in [5.41, 5.74) is 0.806. The van der Waals surface area contributed by atoms with E-state index < -0.39 is 18.0 Å². The lowest BCUT2D eigenvalue weighted by Crippen LogP contribution is -2.41. The fraction of sp³-hybridized carbons (Fsp3) is 0.550. The number of benzene rings is 1. The molecule has 1 aromatic carbocycles. The Morgan fingerprint density at radius 1 is 1.30 bits per heavy atom. The van der Waals surface area contributed by atoms with Crippen molar-refractivity contribution in [2.75, 3.05) is 49.7 Å². The van der Waals surface area contributed by atoms with Gasteiger partial charge in [0.1, 0.15) is 18.5 Å². The zero-order valence-corrected chi connectivity index (χ0v) is 17.3. The van der Waals surface area contributed by atoms with Crippen molar-refractivity contribution in [1.82, 2.24) is 10.6 Å². The van der Waals surface area contributed by atoms with E-state index in [1.165, 1.54) is 25.0 Å². The second kappa shape index (κ2) is 9.29. The van der Waals surface area contributed by atoms with Gasteiger partial charge in [0.2, 0.25) is 11.8 Å². The lowest BCUT2D eigenvalue weighted by Gasteiger charge is -2.21. The maximum absolute atomic E-state index is 14.9. The van der Waals surface area contributed by atoms with Gasteiger partial charge in [0.25, 0.3) is 0 Å². The first-order valence-electron chi connectivity index (χ1n) is 9.84. The van der Waals surface area contributed by atoms with E-state index in [0.29, 0.717) is 24.5 Å². The molecule has 0 bridgehead atoms. The lowest BCUT2D eigenvalue weighted by molar-refractivity contribution is -0.125. The minimum atomic E-state index is -0.576. The van der Waals surface area contributed by atoms with E-state index in [-0.39, 0.29) is 43.5 Å². The number of amides is 3. The van der Waals surface area contributed by atoms with Gasteiger partial charge in [-0.1, -0.05) is 6.92 Å². The third-order valence-corrected chi connectivity index (χ3v) is 5.27. The summed E-state index contributed by atoms with van der Waals surface area (Å²) >= 11 is 0. The Labute approximate surface area is 174 Å². The molecule has 2 saturated heterocycles. The average Bonchev–Trinajstić information content (AvgIpc) is 3.22. The number of carbonyl (C=O) groups excluding carboxylic acids is 3. The van der Waals surface area contributed by atoms with E-state index >= 15 is 0 Å². The maximum atomic E-state index is 14.9. The van der Waals surface area contributed by atoms with Gasteiger partial charge in [-0.05, 0) is 24.1 Å². The molecule has 3 rings (SSSR count). The zero-order chi connectivity index (χ0) is 21.8. The van der Waals surface area contributed by atoms with E-state index in [9.17, 15) is 18.8 Å². The SMILES string of the molecule is COCC(=O)N[C@@H]1CN(c2ccc(N3C[C@H](CNC(C)=O)OC3=O)cc2F)C[C@H]1C. The predicted molar refractivity (Wildman–Crippen MR) is 108 cm³/mol. The molecule has 9 nitrogen and oxygen atoms in total. The molecule has 3 atom stereocenters. The summed E-state index contributed by atoms with van der Waals surface area (Å²) in [7, 11) is 1.46. The standard InChI is InChI=1S/C20H27FN4O5/c1-12-8-24(10-17(12)23-19(27)11-29-3)18-5-4-14(6-16(18)21)25-9-15(30-20(25)28)7-22-13(2)26/h4-6,12,15,17H,7-11H2,1-3H3,(H,22,26)(H,23,27)/t12-,15+,17-/m1/s1. The number of hydrogen-bond donors (Lipinski definition) is 2. The Bertz CT molecular complexity index is 820. The van der Waals surface area contributed by atoms with E-state index in [4.69, 9.17) is 9.47 Å². The van der Waals surface area contributed by atoms with Gasteiger partial charge >= 0.3 is 6.09 Å². The van der Waals surface area contributed by atoms with Crippen LogP contribution in [0.4, 0.5) is 20.6 Å². The van der Waals surface area contributed by atoms with Crippen molar-refractivity contribution < 1.29 is 28.2 Å². The molecule has 0 spiro atoms. The number of cyclic esters (lactones) is 1. The number of methoxy groups -OCH3 is 1. The van der Waals surface area contributed by atoms with E-state index in [2.05, 4.69) is 10.6 Å². The first-order valence-corrected chi connectivity index (χ1v) is 9.84. The lowest BCUT2D eigenvalue weighted by atomic mass is 10.1. The summed E-state index contributed by atoms with van der Waals surface area (Å²) in [6.45, 7) is 4.89. The molecule has 10 heteroatoms. The highest BCUT2D eigenvalue weighted by molar-refractivity contribution is 5.90. The molecule has 2 aliphatic heterocycles. The Kier molecular flexibility index (Phi) is 6.76. The summed E-state index contributed by atoms with van der Waals surface area (Å²) in [6, 6.07) is 4.50. The topological polar surface area (TPSA) is 100 Å². The van der Waals surface area contributed by atoms with Crippen molar-refractivity contribution in [3.63, 3.8) is 0 Å². The third-order valence-electron chi connectivity index (χ3n) is 5.27. The minimum absolute atomic E-state index is 0.0128. The van der Waals surface area contributed by atoms with Gasteiger partial charge in [0.05, 0.1) is 30.5 Å². The molecule has 0 unspecified atom stereocenters. The summed E-state index contributed by atoms with van der Waals surface area (Å²) in [5, 5.41) is 5.51. The fourth-order valence-corrected chi connectivity index (χ4v) is 3.75. The molecule has 1 aromatic rings. The van der Waals surface area contributed by atoms with Gasteiger partial charge in [0.15, 0.2) is 0 Å². The van der Waals surface area contributed by atoms with Gasteiger partial charge in [-0.15, -0.1) is 0 Å². The predicted octanol–water partition coefficient (Wildman–Crippen LogP) is 0.874. The van der Waals surface area contributed by atoms with Crippen LogP contribution in [0.1, 0.15) is 13.8 Å². The molecule has 2 fully saturated rings. The van der Waals surface area contributed by atoms with Crippen molar-refractivity contribution in [1.29, 1.82) is 0 Å². The molecular weight excluding hydrogens is 395 g/mol. The average molecular weight is 422 g/mol. The highest BCUT2D eigenvalue weighted by Crippen LogP contribution is 2.31. The Balaban J connectivity index is 1.65. The van der Waals surface area contributed by atoms with Crippen LogP contribution >= 0.6 is 0 Å². The van der Waals surface area contributed by atoms with Crippen LogP contribution in [0.2, 0.25) is 0 Å². The zero-order valence-electron chi connectivity index (χ0n) is 17.3. The second-order valence-electron chi connectivity index (χ2n) is 7.68. The second-order valence-corrected chi connectivity index (χ2v) is 7.68. The fourth-order valence-electron chi connectivity index (χ4n) is 3.75. The van der Waals surface area contributed by atoms with Crippen LogP contribution in [0, 0.1) is 11.7 Å². The molecule has 3 amide bonds. The van der Waals surface area contributed by atoms with Crippen LogP contribution in [-0.4, -0.2) is 69.9 Å². The molecule has 0 saturated carbocycles. The Morgan fingerprint density at radius 3 is 2.73 bits per heavy atom. The number of nitrogens with zero attached hydrogens (tertiary/aromatic N) is 2. The van der Waals surface area contributed by atoms with Crippen LogP contribution < -0.4 is 20.4 Å². The number of carbonyl (C=O) groups is 3. The first kappa shape index (κ1) is 21.8. The summed E-state index contributed by atoms with van der Waals surface area (Å²) < 4.78 is 24.9. The third kappa shape index (κ3) is 4.99. The number of anilines is 2. The normalized spacial score (nSPS) is 23.5. The molecule has 0 radical (unpaired) electrons. The van der Waals surface area contributed by atoms with Crippen LogP contribution in [0.25, 0.3) is 0 Å². The number of rotatable bonds is 7. The van der Waals surface area contributed by atoms with E-state index in [0.717, 1.165) is 0 Å². The molecule has 164 valence electrons. The van der Waals surface area contributed by atoms with Crippen LogP contribution in [0.5, 0.6) is 0 Å². The summed E-state index contributed by atoms with van der Waals surface area (Å²) in [4.78, 5) is 38.2. The highest BCUT2D eigenvalue weighted by Gasteiger charge is 2.34. The van der Waals surface area contributed by atoms with Crippen molar-refractivity contribution in [3.8, 4) is 0 Å². The number of nitrogens with one attached hydrogen (secondary N) is 2. The van der Waals surface area contributed by atoms with Crippen molar-refractivity contribution in [2.45, 2.75) is 26.0 Å². The molecule has 0 aromatic heterocycles. The molecule has 30 heavy (non-hydrogen) atoms. The minimum Gasteiger partial charge on any atom is -0.442 e. The molecular formula is C20H27FN4O5. The number of halogens is 1. The van der Waals surface area contributed by atoms with Crippen molar-refractivity contribution in [3.05, 3.63) is 24.0 Å². The molecule has 2 aliphatic rings. The summed E-state index contributed by atoms with van der Waals surface area (Å²) in [6.07, 6.45) is -1.06. The van der Waals surface area contributed by atoms with Crippen LogP contribution in [0.15, 0.2) is 18.2 Å². The van der Waals surface area contributed by atoms with Gasteiger partial charge in [0, 0.05) is 27.1 Å². The number of hydrogen-bond acceptors (Lipinski definition) is 6. The van der Waals surface area contributed by atoms with Gasteiger partial charge in [-0.25, -0.2) is 9.18 Å². The van der Waals surface area contributed by atoms with Gasteiger partial charge in [-0.3, -0.25) is 14.5 Å². The Morgan fingerprint density at radius 2 is 2.07 bits per heavy atom. The van der Waals surface area contributed by atoms with Crippen LogP contribution in [0.3, 0.4) is 0 Å². The molecule has 2 heterocycles.